The summed E-state index contributed by atoms with van der Waals surface area (Å²) in [6.07, 6.45) is 3.32. The first kappa shape index (κ1) is 17.1. The average Bonchev–Trinajstić information content (AvgIpc) is 2.87. The van der Waals surface area contributed by atoms with E-state index in [0.717, 1.165) is 19.6 Å². The minimum Gasteiger partial charge on any atom is -0.384 e. The highest BCUT2D eigenvalue weighted by atomic mass is 32.2. The number of nitrogens with zero attached hydrogens (tertiary/aromatic N) is 2. The molecule has 0 N–H and O–H groups in total. The van der Waals surface area contributed by atoms with Gasteiger partial charge in [0.1, 0.15) is 0 Å². The molecule has 0 saturated carbocycles. The van der Waals surface area contributed by atoms with Crippen molar-refractivity contribution in [2.45, 2.75) is 31.7 Å². The highest BCUT2D eigenvalue weighted by molar-refractivity contribution is 8.03. The lowest BCUT2D eigenvalue weighted by Gasteiger charge is -2.13. The number of fused-ring (bicyclic) bond motifs is 1. The van der Waals surface area contributed by atoms with Crippen LogP contribution in [0.3, 0.4) is 0 Å². The Morgan fingerprint density at radius 3 is 2.54 bits per heavy atom. The molecular formula is C20H25N2OS+. The fourth-order valence-electron chi connectivity index (χ4n) is 3.15. The summed E-state index contributed by atoms with van der Waals surface area (Å²) in [4.78, 5) is 3.59. The zero-order valence-electron chi connectivity index (χ0n) is 14.9. The van der Waals surface area contributed by atoms with Crippen LogP contribution < -0.4 is 9.47 Å². The molecular weight excluding hydrogens is 316 g/mol. The van der Waals surface area contributed by atoms with Crippen LogP contribution in [0.15, 0.2) is 46.3 Å². The topological polar surface area (TPSA) is 16.4 Å². The fraction of sp³-hybridized carbons (Fsp3) is 0.350. The van der Waals surface area contributed by atoms with Crippen LogP contribution in [0.1, 0.15) is 23.4 Å². The molecule has 0 unspecified atom stereocenters. The van der Waals surface area contributed by atoms with Gasteiger partial charge in [-0.3, -0.25) is 0 Å². The first-order valence-corrected chi connectivity index (χ1v) is 9.14. The van der Waals surface area contributed by atoms with E-state index in [1.807, 2.05) is 11.8 Å². The van der Waals surface area contributed by atoms with Crippen LogP contribution in [0.5, 0.6) is 0 Å². The third-order valence-electron chi connectivity index (χ3n) is 4.39. The van der Waals surface area contributed by atoms with Gasteiger partial charge in [0.25, 0.3) is 0 Å². The van der Waals surface area contributed by atoms with E-state index >= 15 is 0 Å². The molecule has 0 saturated heterocycles. The van der Waals surface area contributed by atoms with E-state index in [2.05, 4.69) is 72.8 Å². The van der Waals surface area contributed by atoms with Gasteiger partial charge in [0.05, 0.1) is 17.3 Å². The number of benzene rings is 1. The summed E-state index contributed by atoms with van der Waals surface area (Å²) in [5.74, 6) is 0. The van der Waals surface area contributed by atoms with Crippen molar-refractivity contribution < 1.29 is 9.30 Å². The summed E-state index contributed by atoms with van der Waals surface area (Å²) in [5.41, 5.74) is 5.13. The van der Waals surface area contributed by atoms with Crippen LogP contribution in [0.4, 0.5) is 5.69 Å². The van der Waals surface area contributed by atoms with Crippen molar-refractivity contribution in [2.24, 2.45) is 0 Å². The van der Waals surface area contributed by atoms with E-state index in [1.165, 1.54) is 32.6 Å². The Morgan fingerprint density at radius 2 is 1.88 bits per heavy atom. The molecule has 1 aromatic heterocycles. The number of para-hydroxylation sites is 1. The molecule has 0 atom stereocenters. The Bertz CT molecular complexity index is 747. The van der Waals surface area contributed by atoms with Crippen LogP contribution in [0.2, 0.25) is 0 Å². The quantitative estimate of drug-likeness (QED) is 0.600. The summed E-state index contributed by atoms with van der Waals surface area (Å²) in [6, 6.07) is 13.1. The first-order chi connectivity index (χ1) is 11.6. The third kappa shape index (κ3) is 3.50. The number of ether oxygens (including phenoxy) is 1. The molecule has 2 heterocycles. The monoisotopic (exact) mass is 341 g/mol. The molecule has 126 valence electrons. The number of rotatable bonds is 5. The second kappa shape index (κ2) is 7.41. The number of pyridine rings is 1. The molecule has 3 nitrogen and oxygen atoms in total. The van der Waals surface area contributed by atoms with Crippen molar-refractivity contribution in [3.63, 3.8) is 0 Å². The van der Waals surface area contributed by atoms with Gasteiger partial charge in [-0.25, -0.2) is 4.57 Å². The Kier molecular flexibility index (Phi) is 5.27. The van der Waals surface area contributed by atoms with E-state index in [1.54, 1.807) is 7.11 Å². The van der Waals surface area contributed by atoms with Crippen molar-refractivity contribution in [3.05, 3.63) is 58.4 Å². The molecule has 1 aliphatic rings. The van der Waals surface area contributed by atoms with Gasteiger partial charge in [-0.05, 0) is 23.8 Å². The maximum Gasteiger partial charge on any atom is 0.179 e. The first-order valence-electron chi connectivity index (χ1n) is 8.32. The van der Waals surface area contributed by atoms with Crippen molar-refractivity contribution >= 4 is 23.5 Å². The lowest BCUT2D eigenvalue weighted by atomic mass is 10.1. The fourth-order valence-corrected chi connectivity index (χ4v) is 4.26. The maximum absolute atomic E-state index is 5.17. The predicted molar refractivity (Wildman–Crippen MR) is 101 cm³/mol. The number of aromatic nitrogens is 1. The summed E-state index contributed by atoms with van der Waals surface area (Å²) >= 11 is 1.84. The van der Waals surface area contributed by atoms with Gasteiger partial charge in [-0.15, -0.1) is 0 Å². The Balaban J connectivity index is 1.84. The highest BCUT2D eigenvalue weighted by Gasteiger charge is 2.21. The van der Waals surface area contributed by atoms with Crippen LogP contribution in [0, 0.1) is 13.8 Å². The average molecular weight is 342 g/mol. The predicted octanol–water partition coefficient (Wildman–Crippen LogP) is 4.17. The smallest absolute Gasteiger partial charge is 0.179 e. The van der Waals surface area contributed by atoms with Gasteiger partial charge in [0, 0.05) is 51.5 Å². The summed E-state index contributed by atoms with van der Waals surface area (Å²) in [7, 11) is 3.89. The van der Waals surface area contributed by atoms with Gasteiger partial charge in [0.15, 0.2) is 17.9 Å². The van der Waals surface area contributed by atoms with Crippen molar-refractivity contribution in [1.82, 2.24) is 0 Å². The molecule has 1 aliphatic heterocycles. The molecule has 0 aliphatic carbocycles. The standard InChI is InChI=1S/C20H25N2OS/c1-15-12-17(13-16(2)22(15)10-7-11-23-4)14-20-21(3)18-8-5-6-9-19(18)24-20/h5-6,8-9,12-14H,7,10-11H2,1-4H3/q+1. The summed E-state index contributed by atoms with van der Waals surface area (Å²) in [6.45, 7) is 6.17. The van der Waals surface area contributed by atoms with Gasteiger partial charge in [-0.1, -0.05) is 23.9 Å². The summed E-state index contributed by atoms with van der Waals surface area (Å²) < 4.78 is 7.53. The van der Waals surface area contributed by atoms with Gasteiger partial charge in [0.2, 0.25) is 0 Å². The Morgan fingerprint density at radius 1 is 1.17 bits per heavy atom. The number of anilines is 1. The second-order valence-corrected chi connectivity index (χ2v) is 7.24. The Hall–Kier alpha value is -1.78. The van der Waals surface area contributed by atoms with Gasteiger partial charge < -0.3 is 9.64 Å². The van der Waals surface area contributed by atoms with Crippen LogP contribution >= 0.6 is 11.8 Å². The SMILES string of the molecule is COCCC[n+]1c(C)cc(/C=C2/Sc3ccccc3N2C)cc1C. The lowest BCUT2D eigenvalue weighted by Crippen LogP contribution is -2.40. The van der Waals surface area contributed by atoms with E-state index in [4.69, 9.17) is 4.74 Å². The zero-order valence-corrected chi connectivity index (χ0v) is 15.7. The number of thioether (sulfide) groups is 1. The maximum atomic E-state index is 5.17. The van der Waals surface area contributed by atoms with Crippen LogP contribution in [-0.2, 0) is 11.3 Å². The van der Waals surface area contributed by atoms with E-state index < -0.39 is 0 Å². The molecule has 3 rings (SSSR count). The van der Waals surface area contributed by atoms with Crippen molar-refractivity contribution in [2.75, 3.05) is 25.7 Å². The highest BCUT2D eigenvalue weighted by Crippen LogP contribution is 2.45. The molecule has 4 heteroatoms. The van der Waals surface area contributed by atoms with Gasteiger partial charge >= 0.3 is 0 Å². The molecule has 0 amide bonds. The molecule has 2 aromatic rings. The minimum absolute atomic E-state index is 0.803. The van der Waals surface area contributed by atoms with Crippen molar-refractivity contribution in [1.29, 1.82) is 0 Å². The Labute approximate surface area is 149 Å². The minimum atomic E-state index is 0.803. The normalized spacial score (nSPS) is 15.2. The van der Waals surface area contributed by atoms with Crippen LogP contribution in [-0.4, -0.2) is 20.8 Å². The van der Waals surface area contributed by atoms with Crippen molar-refractivity contribution in [3.8, 4) is 0 Å². The second-order valence-electron chi connectivity index (χ2n) is 6.18. The molecule has 0 bridgehead atoms. The molecule has 24 heavy (non-hydrogen) atoms. The van der Waals surface area contributed by atoms with Crippen LogP contribution in [0.25, 0.3) is 6.08 Å². The lowest BCUT2D eigenvalue weighted by molar-refractivity contribution is -0.709. The molecule has 0 fully saturated rings. The van der Waals surface area contributed by atoms with E-state index in [9.17, 15) is 0 Å². The number of hydrogen-bond donors (Lipinski definition) is 0. The largest absolute Gasteiger partial charge is 0.384 e. The van der Waals surface area contributed by atoms with E-state index in [-0.39, 0.29) is 0 Å². The number of methoxy groups -OCH3 is 1. The third-order valence-corrected chi connectivity index (χ3v) is 5.56. The number of aryl methyl sites for hydroxylation is 2. The van der Waals surface area contributed by atoms with E-state index in [0.29, 0.717) is 0 Å². The van der Waals surface area contributed by atoms with Gasteiger partial charge in [-0.2, -0.15) is 0 Å². The molecule has 0 spiro atoms. The molecule has 1 aromatic carbocycles. The summed E-state index contributed by atoms with van der Waals surface area (Å²) in [5, 5.41) is 1.27. The molecule has 0 radical (unpaired) electrons. The zero-order chi connectivity index (χ0) is 17.1. The number of hydrogen-bond acceptors (Lipinski definition) is 3.